The Morgan fingerprint density at radius 2 is 1.96 bits per heavy atom. The number of rotatable bonds is 5. The molecule has 0 atom stereocenters. The second-order valence-corrected chi connectivity index (χ2v) is 7.16. The first-order chi connectivity index (χ1) is 11.6. The Labute approximate surface area is 153 Å². The summed E-state index contributed by atoms with van der Waals surface area (Å²) in [6.07, 6.45) is 3.33. The van der Waals surface area contributed by atoms with Crippen molar-refractivity contribution in [2.45, 2.75) is 45.8 Å². The van der Waals surface area contributed by atoms with Crippen LogP contribution in [0.3, 0.4) is 0 Å². The highest BCUT2D eigenvalue weighted by Gasteiger charge is 2.52. The van der Waals surface area contributed by atoms with Crippen molar-refractivity contribution in [3.8, 4) is 5.88 Å². The van der Waals surface area contributed by atoms with E-state index in [2.05, 4.69) is 15.3 Å². The summed E-state index contributed by atoms with van der Waals surface area (Å²) in [5, 5.41) is 2.86. The van der Waals surface area contributed by atoms with Crippen LogP contribution < -0.4 is 10.1 Å². The minimum absolute atomic E-state index is 0.0908. The molecule has 1 aliphatic rings. The second-order valence-electron chi connectivity index (χ2n) is 6.82. The minimum Gasteiger partial charge on any atom is -0.480 e. The highest BCUT2D eigenvalue weighted by atomic mass is 35.5. The van der Waals surface area contributed by atoms with Crippen LogP contribution in [0.4, 0.5) is 0 Å². The van der Waals surface area contributed by atoms with E-state index in [1.54, 1.807) is 12.3 Å². The molecule has 9 heteroatoms. The monoisotopic (exact) mass is 367 g/mol. The Morgan fingerprint density at radius 1 is 1.36 bits per heavy atom. The zero-order valence-corrected chi connectivity index (χ0v) is 16.1. The molecule has 1 saturated heterocycles. The fraction of sp³-hybridized carbons (Fsp3) is 0.562. The molecule has 1 amide bonds. The number of nitrogens with zero attached hydrogens (tertiary/aromatic N) is 2. The molecule has 0 saturated carbocycles. The Morgan fingerprint density at radius 3 is 2.48 bits per heavy atom. The summed E-state index contributed by atoms with van der Waals surface area (Å²) >= 11 is 5.81. The van der Waals surface area contributed by atoms with E-state index in [0.717, 1.165) is 5.47 Å². The maximum Gasteiger partial charge on any atom is 0.492 e. The van der Waals surface area contributed by atoms with Gasteiger partial charge in [0.25, 0.3) is 0 Å². The Hall–Kier alpha value is -1.64. The van der Waals surface area contributed by atoms with Crippen molar-refractivity contribution in [1.29, 1.82) is 0 Å². The van der Waals surface area contributed by atoms with Crippen LogP contribution in [0, 0.1) is 0 Å². The normalized spacial score (nSPS) is 19.0. The van der Waals surface area contributed by atoms with Crippen LogP contribution in [0.5, 0.6) is 5.88 Å². The predicted octanol–water partition coefficient (Wildman–Crippen LogP) is 2.29. The molecule has 1 fully saturated rings. The van der Waals surface area contributed by atoms with Gasteiger partial charge in [-0.2, -0.15) is 4.98 Å². The summed E-state index contributed by atoms with van der Waals surface area (Å²) in [5.41, 5.74) is 0.348. The molecule has 0 aromatic carbocycles. The van der Waals surface area contributed by atoms with E-state index in [0.29, 0.717) is 11.4 Å². The lowest BCUT2D eigenvalue weighted by atomic mass is 9.77. The minimum atomic E-state index is -0.614. The van der Waals surface area contributed by atoms with Gasteiger partial charge in [0.2, 0.25) is 17.1 Å². The summed E-state index contributed by atoms with van der Waals surface area (Å²) in [5.74, 6) is 0.179. The molecule has 2 rings (SSSR count). The number of carbonyl (C=O) groups is 1. The predicted molar refractivity (Wildman–Crippen MR) is 96.3 cm³/mol. The third-order valence-corrected chi connectivity index (χ3v) is 4.56. The first kappa shape index (κ1) is 19.7. The molecule has 25 heavy (non-hydrogen) atoms. The van der Waals surface area contributed by atoms with Crippen LogP contribution in [0.15, 0.2) is 11.7 Å². The number of hydrogen-bond acceptors (Lipinski definition) is 6. The van der Waals surface area contributed by atoms with Gasteiger partial charge in [-0.1, -0.05) is 6.08 Å². The maximum absolute atomic E-state index is 11.4. The van der Waals surface area contributed by atoms with Crippen molar-refractivity contribution >= 4 is 30.7 Å². The van der Waals surface area contributed by atoms with E-state index in [9.17, 15) is 4.79 Å². The Balaban J connectivity index is 2.38. The number of carbonyl (C=O) groups excluding carboxylic acids is 1. The molecule has 1 aromatic rings. The van der Waals surface area contributed by atoms with Crippen LogP contribution in [-0.2, 0) is 14.1 Å². The molecule has 136 valence electrons. The number of hydrogen-bond donors (Lipinski definition) is 1. The largest absolute Gasteiger partial charge is 0.492 e. The van der Waals surface area contributed by atoms with E-state index in [1.165, 1.54) is 14.0 Å². The zero-order valence-electron chi connectivity index (χ0n) is 15.3. The molecule has 7 nitrogen and oxygen atoms in total. The van der Waals surface area contributed by atoms with Gasteiger partial charge in [-0.25, -0.2) is 4.98 Å². The Kier molecular flexibility index (Phi) is 5.76. The van der Waals surface area contributed by atoms with Gasteiger partial charge in [-0.15, -0.1) is 0 Å². The van der Waals surface area contributed by atoms with E-state index in [-0.39, 0.29) is 17.7 Å². The molecule has 1 N–H and O–H groups in total. The topological polar surface area (TPSA) is 82.6 Å². The summed E-state index contributed by atoms with van der Waals surface area (Å²) in [6, 6.07) is 0. The number of aromatic nitrogens is 2. The average molecular weight is 368 g/mol. The fourth-order valence-electron chi connectivity index (χ4n) is 2.24. The molecule has 0 aliphatic carbocycles. The molecule has 0 spiro atoms. The fourth-order valence-corrected chi connectivity index (χ4v) is 2.37. The molecule has 0 unspecified atom stereocenters. The third kappa shape index (κ3) is 4.51. The highest BCUT2D eigenvalue weighted by Crippen LogP contribution is 2.39. The van der Waals surface area contributed by atoms with Gasteiger partial charge < -0.3 is 19.4 Å². The van der Waals surface area contributed by atoms with Gasteiger partial charge in [0, 0.05) is 19.7 Å². The summed E-state index contributed by atoms with van der Waals surface area (Å²) in [6.45, 7) is 9.58. The second kappa shape index (κ2) is 7.31. The van der Waals surface area contributed by atoms with E-state index >= 15 is 0 Å². The van der Waals surface area contributed by atoms with Crippen molar-refractivity contribution in [2.75, 3.05) is 13.7 Å². The van der Waals surface area contributed by atoms with Crippen molar-refractivity contribution in [3.05, 3.63) is 22.5 Å². The van der Waals surface area contributed by atoms with Gasteiger partial charge in [-0.05, 0) is 44.8 Å². The quantitative estimate of drug-likeness (QED) is 0.635. The number of amides is 1. The lowest BCUT2D eigenvalue weighted by molar-refractivity contribution is -0.118. The summed E-state index contributed by atoms with van der Waals surface area (Å²) < 4.78 is 17.4. The maximum atomic E-state index is 11.4. The van der Waals surface area contributed by atoms with Gasteiger partial charge in [-0.3, -0.25) is 4.79 Å². The average Bonchev–Trinajstić information content (AvgIpc) is 2.72. The molecule has 2 heterocycles. The first-order valence-corrected chi connectivity index (χ1v) is 8.30. The van der Waals surface area contributed by atoms with E-state index < -0.39 is 18.3 Å². The smallest absolute Gasteiger partial charge is 0.480 e. The zero-order chi connectivity index (χ0) is 18.8. The lowest BCUT2D eigenvalue weighted by Gasteiger charge is -2.32. The van der Waals surface area contributed by atoms with E-state index in [1.807, 2.05) is 27.7 Å². The summed E-state index contributed by atoms with van der Waals surface area (Å²) in [4.78, 5) is 19.4. The molecular weight excluding hydrogens is 344 g/mol. The molecule has 0 bridgehead atoms. The van der Waals surface area contributed by atoms with Crippen LogP contribution in [0.25, 0.3) is 6.08 Å². The van der Waals surface area contributed by atoms with Crippen molar-refractivity contribution in [2.24, 2.45) is 0 Å². The molecular formula is C16H23BClN3O4. The number of halogens is 1. The van der Waals surface area contributed by atoms with Crippen molar-refractivity contribution < 1.29 is 18.8 Å². The number of nitrogens with one attached hydrogen (secondary N) is 1. The van der Waals surface area contributed by atoms with Gasteiger partial charge in [0.15, 0.2) is 0 Å². The van der Waals surface area contributed by atoms with Crippen molar-refractivity contribution in [1.82, 2.24) is 15.3 Å². The molecule has 0 radical (unpaired) electrons. The van der Waals surface area contributed by atoms with E-state index in [4.69, 9.17) is 25.6 Å². The van der Waals surface area contributed by atoms with Crippen molar-refractivity contribution in [3.63, 3.8) is 0 Å². The third-order valence-electron chi connectivity index (χ3n) is 4.38. The molecule has 1 aliphatic heterocycles. The van der Waals surface area contributed by atoms with Crippen LogP contribution in [0.1, 0.15) is 40.2 Å². The number of ether oxygens (including phenoxy) is 1. The van der Waals surface area contributed by atoms with Crippen LogP contribution >= 0.6 is 11.6 Å². The standard InChI is InChI=1S/C16H23BClN3O4/c1-10(22)19-9-12(17-24-15(2,3)16(4,5)25-17)7-11-8-20-14(18)21-13(11)23-6/h7-8H,9H2,1-6H3,(H,19,22). The Bertz CT molecular complexity index is 678. The highest BCUT2D eigenvalue weighted by molar-refractivity contribution is 6.56. The van der Waals surface area contributed by atoms with Crippen LogP contribution in [-0.4, -0.2) is 47.9 Å². The molecule has 1 aromatic heterocycles. The lowest BCUT2D eigenvalue weighted by Crippen LogP contribution is -2.41. The SMILES string of the molecule is COc1nc(Cl)ncc1C=C(CNC(C)=O)B1OC(C)(C)C(C)(C)O1. The van der Waals surface area contributed by atoms with Crippen LogP contribution in [0.2, 0.25) is 5.28 Å². The number of methoxy groups -OCH3 is 1. The van der Waals surface area contributed by atoms with Gasteiger partial charge in [0.1, 0.15) is 0 Å². The van der Waals surface area contributed by atoms with Gasteiger partial charge in [0.05, 0.1) is 23.9 Å². The first-order valence-electron chi connectivity index (χ1n) is 7.93. The summed E-state index contributed by atoms with van der Waals surface area (Å²) in [7, 11) is 0.885. The van der Waals surface area contributed by atoms with Gasteiger partial charge >= 0.3 is 7.12 Å².